The maximum Gasteiger partial charge on any atom is 0.304 e. The number of aromatic hydroxyl groups is 1. The number of anilines is 1. The van der Waals surface area contributed by atoms with Crippen LogP contribution in [0.5, 0.6) is 5.75 Å². The van der Waals surface area contributed by atoms with Gasteiger partial charge in [0.15, 0.2) is 5.75 Å². The van der Waals surface area contributed by atoms with Crippen LogP contribution in [0.25, 0.3) is 0 Å². The minimum absolute atomic E-state index is 0.0593. The highest BCUT2D eigenvalue weighted by Crippen LogP contribution is 2.44. The molecule has 0 radical (unpaired) electrons. The van der Waals surface area contributed by atoms with Crippen LogP contribution < -0.4 is 4.31 Å². The molecule has 1 N–H and O–H groups in total. The van der Waals surface area contributed by atoms with E-state index < -0.39 is 21.6 Å². The van der Waals surface area contributed by atoms with Gasteiger partial charge in [-0.05, 0) is 44.0 Å². The third kappa shape index (κ3) is 3.64. The number of piperidine rings is 1. The van der Waals surface area contributed by atoms with Crippen molar-refractivity contribution in [1.29, 1.82) is 0 Å². The first-order chi connectivity index (χ1) is 14.1. The Morgan fingerprint density at radius 1 is 1.37 bits per heavy atom. The standard InChI is InChI=1S/C20H24ClFN4O3S/c1-14-10-20(6-7-25(14)12-16-9-18(21)19(27)11-23-16)13-24(2)30(28,29)26(20)17-5-3-4-15(22)8-17/h3-5,8-9,11,14,27H,6-7,10,12-13H2,1-2H3/t14-,20+/m0/s1. The van der Waals surface area contributed by atoms with Gasteiger partial charge in [0.1, 0.15) is 5.82 Å². The fraction of sp³-hybridized carbons (Fsp3) is 0.450. The molecule has 4 rings (SSSR count). The summed E-state index contributed by atoms with van der Waals surface area (Å²) in [6.07, 6.45) is 2.53. The van der Waals surface area contributed by atoms with E-state index in [-0.39, 0.29) is 16.8 Å². The summed E-state index contributed by atoms with van der Waals surface area (Å²) in [5.41, 5.74) is 0.447. The lowest BCUT2D eigenvalue weighted by Gasteiger charge is -2.47. The molecule has 0 bridgehead atoms. The molecule has 2 aliphatic heterocycles. The number of pyridine rings is 1. The van der Waals surface area contributed by atoms with Crippen molar-refractivity contribution in [2.45, 2.75) is 37.9 Å². The summed E-state index contributed by atoms with van der Waals surface area (Å²) in [6.45, 7) is 3.60. The molecule has 1 aromatic heterocycles. The molecule has 0 saturated carbocycles. The minimum atomic E-state index is -3.73. The number of hydrogen-bond acceptors (Lipinski definition) is 5. The maximum atomic E-state index is 13.9. The van der Waals surface area contributed by atoms with E-state index in [1.54, 1.807) is 19.2 Å². The minimum Gasteiger partial charge on any atom is -0.505 e. The lowest BCUT2D eigenvalue weighted by Crippen LogP contribution is -2.57. The van der Waals surface area contributed by atoms with Crippen LogP contribution in [-0.4, -0.2) is 59.4 Å². The molecule has 2 aromatic rings. The van der Waals surface area contributed by atoms with E-state index in [0.717, 1.165) is 5.69 Å². The molecule has 2 aliphatic rings. The zero-order chi connectivity index (χ0) is 21.7. The fourth-order valence-corrected chi connectivity index (χ4v) is 6.58. The van der Waals surface area contributed by atoms with Crippen molar-refractivity contribution in [2.75, 3.05) is 24.4 Å². The van der Waals surface area contributed by atoms with Crippen LogP contribution in [0.2, 0.25) is 5.02 Å². The van der Waals surface area contributed by atoms with E-state index in [1.807, 2.05) is 0 Å². The Labute approximate surface area is 180 Å². The second-order valence-electron chi connectivity index (χ2n) is 8.13. The second kappa shape index (κ2) is 7.64. The summed E-state index contributed by atoms with van der Waals surface area (Å²) >= 11 is 6.00. The van der Waals surface area contributed by atoms with Crippen LogP contribution in [0, 0.1) is 5.82 Å². The van der Waals surface area contributed by atoms with Crippen molar-refractivity contribution in [3.8, 4) is 5.75 Å². The third-order valence-electron chi connectivity index (χ3n) is 6.03. The SMILES string of the molecule is C[C@H]1C[C@]2(CCN1Cc1cc(Cl)c(O)cn1)CN(C)S(=O)(=O)N2c1cccc(F)c1. The van der Waals surface area contributed by atoms with Gasteiger partial charge in [-0.25, -0.2) is 4.39 Å². The molecule has 10 heteroatoms. The highest BCUT2D eigenvalue weighted by atomic mass is 35.5. The smallest absolute Gasteiger partial charge is 0.304 e. The van der Waals surface area contributed by atoms with Crippen LogP contribution in [-0.2, 0) is 16.8 Å². The van der Waals surface area contributed by atoms with Gasteiger partial charge in [-0.1, -0.05) is 17.7 Å². The number of likely N-dealkylation sites (tertiary alicyclic amines) is 1. The predicted octanol–water partition coefficient (Wildman–Crippen LogP) is 3.00. The Hall–Kier alpha value is -1.94. The van der Waals surface area contributed by atoms with Gasteiger partial charge in [0.25, 0.3) is 0 Å². The molecule has 0 unspecified atom stereocenters. The number of benzene rings is 1. The van der Waals surface area contributed by atoms with E-state index in [4.69, 9.17) is 11.6 Å². The van der Waals surface area contributed by atoms with E-state index in [1.165, 1.54) is 33.0 Å². The molecule has 1 spiro atoms. The molecule has 1 aromatic carbocycles. The second-order valence-corrected chi connectivity index (χ2v) is 10.4. The van der Waals surface area contributed by atoms with E-state index in [2.05, 4.69) is 16.8 Å². The monoisotopic (exact) mass is 454 g/mol. The summed E-state index contributed by atoms with van der Waals surface area (Å²) in [5, 5.41) is 9.82. The van der Waals surface area contributed by atoms with Crippen molar-refractivity contribution in [3.63, 3.8) is 0 Å². The number of likely N-dealkylation sites (N-methyl/N-ethyl adjacent to an activating group) is 1. The molecule has 30 heavy (non-hydrogen) atoms. The van der Waals surface area contributed by atoms with E-state index in [9.17, 15) is 17.9 Å². The predicted molar refractivity (Wildman–Crippen MR) is 113 cm³/mol. The van der Waals surface area contributed by atoms with Crippen LogP contribution in [0.1, 0.15) is 25.5 Å². The van der Waals surface area contributed by atoms with Gasteiger partial charge >= 0.3 is 10.2 Å². The Kier molecular flexibility index (Phi) is 5.42. The van der Waals surface area contributed by atoms with E-state index >= 15 is 0 Å². The molecule has 162 valence electrons. The van der Waals surface area contributed by atoms with Gasteiger partial charge < -0.3 is 5.11 Å². The third-order valence-corrected chi connectivity index (χ3v) is 8.31. The molecule has 0 amide bonds. The number of halogens is 2. The zero-order valence-corrected chi connectivity index (χ0v) is 18.4. The number of aromatic nitrogens is 1. The Morgan fingerprint density at radius 2 is 2.13 bits per heavy atom. The van der Waals surface area contributed by atoms with Crippen molar-refractivity contribution >= 4 is 27.5 Å². The summed E-state index contributed by atoms with van der Waals surface area (Å²) in [6, 6.07) is 7.46. The van der Waals surface area contributed by atoms with Gasteiger partial charge in [0.05, 0.1) is 28.1 Å². The van der Waals surface area contributed by atoms with Gasteiger partial charge in [-0.15, -0.1) is 0 Å². The molecule has 7 nitrogen and oxygen atoms in total. The highest BCUT2D eigenvalue weighted by Gasteiger charge is 2.55. The number of rotatable bonds is 3. The number of nitrogens with zero attached hydrogens (tertiary/aromatic N) is 4. The van der Waals surface area contributed by atoms with Gasteiger partial charge in [0.2, 0.25) is 0 Å². The zero-order valence-electron chi connectivity index (χ0n) is 16.8. The molecule has 3 heterocycles. The summed E-state index contributed by atoms with van der Waals surface area (Å²) < 4.78 is 42.8. The largest absolute Gasteiger partial charge is 0.505 e. The lowest BCUT2D eigenvalue weighted by molar-refractivity contribution is 0.0992. The van der Waals surface area contributed by atoms with Crippen LogP contribution in [0.3, 0.4) is 0 Å². The first-order valence-electron chi connectivity index (χ1n) is 9.72. The average molecular weight is 455 g/mol. The molecule has 2 atom stereocenters. The van der Waals surface area contributed by atoms with Gasteiger partial charge in [0, 0.05) is 32.7 Å². The first-order valence-corrected chi connectivity index (χ1v) is 11.5. The normalized spacial score (nSPS) is 27.1. The Balaban J connectivity index is 1.61. The quantitative estimate of drug-likeness (QED) is 0.771. The van der Waals surface area contributed by atoms with Gasteiger partial charge in [-0.2, -0.15) is 12.7 Å². The van der Waals surface area contributed by atoms with Crippen molar-refractivity contribution in [2.24, 2.45) is 0 Å². The summed E-state index contributed by atoms with van der Waals surface area (Å²) in [7, 11) is -2.16. The topological polar surface area (TPSA) is 77.0 Å². The van der Waals surface area contributed by atoms with Crippen molar-refractivity contribution in [3.05, 3.63) is 53.1 Å². The van der Waals surface area contributed by atoms with Gasteiger partial charge in [-0.3, -0.25) is 14.2 Å². The molecule has 0 aliphatic carbocycles. The number of hydrogen-bond donors (Lipinski definition) is 1. The van der Waals surface area contributed by atoms with Crippen LogP contribution in [0.15, 0.2) is 36.5 Å². The van der Waals surface area contributed by atoms with Crippen LogP contribution in [0.4, 0.5) is 10.1 Å². The molecular formula is C20H24ClFN4O3S. The molecule has 2 fully saturated rings. The summed E-state index contributed by atoms with van der Waals surface area (Å²) in [5.74, 6) is -0.524. The maximum absolute atomic E-state index is 13.9. The Bertz CT molecular complexity index is 1070. The average Bonchev–Trinajstić information content (AvgIpc) is 2.85. The van der Waals surface area contributed by atoms with Crippen molar-refractivity contribution < 1.29 is 17.9 Å². The first kappa shape index (κ1) is 21.3. The van der Waals surface area contributed by atoms with Crippen molar-refractivity contribution in [1.82, 2.24) is 14.2 Å². The molecular weight excluding hydrogens is 431 g/mol. The van der Waals surface area contributed by atoms with E-state index in [0.29, 0.717) is 38.2 Å². The summed E-state index contributed by atoms with van der Waals surface area (Å²) in [4.78, 5) is 6.45. The van der Waals surface area contributed by atoms with Crippen LogP contribution >= 0.6 is 11.6 Å². The fourth-order valence-electron chi connectivity index (χ4n) is 4.63. The molecule has 2 saturated heterocycles. The lowest BCUT2D eigenvalue weighted by atomic mass is 9.83. The Morgan fingerprint density at radius 3 is 2.80 bits per heavy atom. The highest BCUT2D eigenvalue weighted by molar-refractivity contribution is 7.90.